The SMILES string of the molecule is O=C(O)C(CC(F)(F)F)C(=O)CCl. The summed E-state index contributed by atoms with van der Waals surface area (Å²) in [5.74, 6) is -5.75. The first-order chi connectivity index (χ1) is 5.78. The van der Waals surface area contributed by atoms with E-state index in [0.717, 1.165) is 0 Å². The maximum absolute atomic E-state index is 11.7. The fraction of sp³-hybridized carbons (Fsp3) is 0.667. The van der Waals surface area contributed by atoms with Crippen molar-refractivity contribution in [1.29, 1.82) is 0 Å². The van der Waals surface area contributed by atoms with Gasteiger partial charge in [-0.3, -0.25) is 9.59 Å². The summed E-state index contributed by atoms with van der Waals surface area (Å²) in [4.78, 5) is 20.8. The molecule has 0 fully saturated rings. The Bertz CT molecular complexity index is 214. The lowest BCUT2D eigenvalue weighted by molar-refractivity contribution is -0.167. The number of rotatable bonds is 4. The fourth-order valence-corrected chi connectivity index (χ4v) is 0.850. The molecular weight excluding hydrogens is 213 g/mol. The Hall–Kier alpha value is -0.780. The maximum Gasteiger partial charge on any atom is 0.390 e. The van der Waals surface area contributed by atoms with Crippen LogP contribution in [0, 0.1) is 5.92 Å². The first-order valence-corrected chi connectivity index (χ1v) is 3.69. The average molecular weight is 219 g/mol. The predicted octanol–water partition coefficient (Wildman–Crippen LogP) is 1.45. The van der Waals surface area contributed by atoms with Crippen LogP contribution in [-0.2, 0) is 9.59 Å². The van der Waals surface area contributed by atoms with Crippen molar-refractivity contribution in [3.8, 4) is 0 Å². The molecular formula is C6H6ClF3O3. The number of halogens is 4. The number of hydrogen-bond acceptors (Lipinski definition) is 2. The standard InChI is InChI=1S/C6H6ClF3O3/c7-2-4(11)3(5(12)13)1-6(8,9)10/h3H,1-2H2,(H,12,13). The third kappa shape index (κ3) is 4.72. The van der Waals surface area contributed by atoms with E-state index in [4.69, 9.17) is 16.7 Å². The van der Waals surface area contributed by atoms with Crippen LogP contribution in [-0.4, -0.2) is 28.9 Å². The second-order valence-electron chi connectivity index (χ2n) is 2.31. The molecule has 13 heavy (non-hydrogen) atoms. The summed E-state index contributed by atoms with van der Waals surface area (Å²) in [6.07, 6.45) is -6.35. The highest BCUT2D eigenvalue weighted by molar-refractivity contribution is 6.29. The Morgan fingerprint density at radius 1 is 1.38 bits per heavy atom. The van der Waals surface area contributed by atoms with Gasteiger partial charge in [-0.15, -0.1) is 11.6 Å². The van der Waals surface area contributed by atoms with Crippen molar-refractivity contribution < 1.29 is 27.9 Å². The number of carboxylic acids is 1. The topological polar surface area (TPSA) is 54.4 Å². The second-order valence-corrected chi connectivity index (χ2v) is 2.58. The molecule has 0 saturated heterocycles. The monoisotopic (exact) mass is 218 g/mol. The molecule has 0 aromatic carbocycles. The van der Waals surface area contributed by atoms with Crippen LogP contribution in [0.1, 0.15) is 6.42 Å². The van der Waals surface area contributed by atoms with Gasteiger partial charge < -0.3 is 5.11 Å². The highest BCUT2D eigenvalue weighted by Gasteiger charge is 2.38. The van der Waals surface area contributed by atoms with Crippen LogP contribution >= 0.6 is 11.6 Å². The van der Waals surface area contributed by atoms with Crippen LogP contribution in [0.15, 0.2) is 0 Å². The van der Waals surface area contributed by atoms with E-state index in [1.807, 2.05) is 0 Å². The van der Waals surface area contributed by atoms with Crippen LogP contribution in [0.5, 0.6) is 0 Å². The Morgan fingerprint density at radius 3 is 2.08 bits per heavy atom. The zero-order chi connectivity index (χ0) is 10.6. The van der Waals surface area contributed by atoms with E-state index in [1.165, 1.54) is 0 Å². The lowest BCUT2D eigenvalue weighted by atomic mass is 10.0. The largest absolute Gasteiger partial charge is 0.481 e. The Kier molecular flexibility index (Phi) is 4.19. The number of hydrogen-bond donors (Lipinski definition) is 1. The number of carbonyl (C=O) groups excluding carboxylic acids is 1. The minimum atomic E-state index is -4.68. The lowest BCUT2D eigenvalue weighted by Crippen LogP contribution is -2.30. The van der Waals surface area contributed by atoms with E-state index in [2.05, 4.69) is 0 Å². The number of ketones is 1. The minimum Gasteiger partial charge on any atom is -0.481 e. The third-order valence-corrected chi connectivity index (χ3v) is 1.52. The van der Waals surface area contributed by atoms with E-state index in [-0.39, 0.29) is 0 Å². The Morgan fingerprint density at radius 2 is 1.85 bits per heavy atom. The molecule has 0 spiro atoms. The summed E-state index contributed by atoms with van der Waals surface area (Å²) in [6.45, 7) is 0. The van der Waals surface area contributed by atoms with Crippen molar-refractivity contribution in [2.24, 2.45) is 5.92 Å². The van der Waals surface area contributed by atoms with Gasteiger partial charge in [-0.2, -0.15) is 13.2 Å². The molecule has 0 bridgehead atoms. The number of Topliss-reactive ketones (excluding diaryl/α,β-unsaturated/α-hetero) is 1. The second kappa shape index (κ2) is 4.45. The molecule has 0 aliphatic heterocycles. The zero-order valence-electron chi connectivity index (χ0n) is 6.27. The molecule has 0 aromatic heterocycles. The fourth-order valence-electron chi connectivity index (χ4n) is 0.663. The summed E-state index contributed by atoms with van der Waals surface area (Å²) in [5.41, 5.74) is 0. The molecule has 3 nitrogen and oxygen atoms in total. The normalized spacial score (nSPS) is 13.8. The van der Waals surface area contributed by atoms with E-state index < -0.39 is 36.1 Å². The smallest absolute Gasteiger partial charge is 0.390 e. The van der Waals surface area contributed by atoms with Crippen molar-refractivity contribution in [3.05, 3.63) is 0 Å². The molecule has 76 valence electrons. The molecule has 1 unspecified atom stereocenters. The molecule has 0 rings (SSSR count). The molecule has 0 saturated carbocycles. The molecule has 1 atom stereocenters. The molecule has 0 amide bonds. The molecule has 7 heteroatoms. The van der Waals surface area contributed by atoms with Crippen molar-refractivity contribution in [2.45, 2.75) is 12.6 Å². The van der Waals surface area contributed by atoms with Crippen LogP contribution in [0.2, 0.25) is 0 Å². The van der Waals surface area contributed by atoms with Gasteiger partial charge in [0.05, 0.1) is 12.3 Å². The van der Waals surface area contributed by atoms with Crippen LogP contribution in [0.4, 0.5) is 13.2 Å². The van der Waals surface area contributed by atoms with Crippen molar-refractivity contribution in [3.63, 3.8) is 0 Å². The number of alkyl halides is 4. The summed E-state index contributed by atoms with van der Waals surface area (Å²) in [5, 5.41) is 8.26. The number of aliphatic carboxylic acids is 1. The quantitative estimate of drug-likeness (QED) is 0.574. The molecule has 0 aliphatic rings. The van der Waals surface area contributed by atoms with Crippen LogP contribution in [0.25, 0.3) is 0 Å². The zero-order valence-corrected chi connectivity index (χ0v) is 7.02. The van der Waals surface area contributed by atoms with Gasteiger partial charge in [-0.1, -0.05) is 0 Å². The summed E-state index contributed by atoms with van der Waals surface area (Å²) in [6, 6.07) is 0. The third-order valence-electron chi connectivity index (χ3n) is 1.25. The van der Waals surface area contributed by atoms with Gasteiger partial charge in [-0.25, -0.2) is 0 Å². The highest BCUT2D eigenvalue weighted by atomic mass is 35.5. The van der Waals surface area contributed by atoms with Crippen molar-refractivity contribution in [1.82, 2.24) is 0 Å². The Balaban J connectivity index is 4.45. The van der Waals surface area contributed by atoms with Gasteiger partial charge >= 0.3 is 12.1 Å². The molecule has 0 heterocycles. The van der Waals surface area contributed by atoms with Gasteiger partial charge in [0, 0.05) is 0 Å². The molecule has 0 aliphatic carbocycles. The first-order valence-electron chi connectivity index (χ1n) is 3.16. The summed E-state index contributed by atoms with van der Waals surface area (Å²) >= 11 is 4.94. The van der Waals surface area contributed by atoms with Gasteiger partial charge in [0.2, 0.25) is 0 Å². The molecule has 0 radical (unpaired) electrons. The Labute approximate surface area is 76.5 Å². The summed E-state index contributed by atoms with van der Waals surface area (Å²) < 4.78 is 35.1. The van der Waals surface area contributed by atoms with Gasteiger partial charge in [0.25, 0.3) is 0 Å². The predicted molar refractivity (Wildman–Crippen MR) is 37.5 cm³/mol. The van der Waals surface area contributed by atoms with E-state index in [0.29, 0.717) is 0 Å². The summed E-state index contributed by atoms with van der Waals surface area (Å²) in [7, 11) is 0. The lowest BCUT2D eigenvalue weighted by Gasteiger charge is -2.11. The van der Waals surface area contributed by atoms with Crippen molar-refractivity contribution in [2.75, 3.05) is 5.88 Å². The van der Waals surface area contributed by atoms with Crippen LogP contribution < -0.4 is 0 Å². The maximum atomic E-state index is 11.7. The van der Waals surface area contributed by atoms with Gasteiger partial charge in [0.1, 0.15) is 5.92 Å². The van der Waals surface area contributed by atoms with Crippen LogP contribution in [0.3, 0.4) is 0 Å². The average Bonchev–Trinajstić information content (AvgIpc) is 1.96. The molecule has 1 N–H and O–H groups in total. The van der Waals surface area contributed by atoms with Gasteiger partial charge in [0.15, 0.2) is 5.78 Å². The molecule has 0 aromatic rings. The van der Waals surface area contributed by atoms with Crippen molar-refractivity contribution >= 4 is 23.4 Å². The van der Waals surface area contributed by atoms with E-state index >= 15 is 0 Å². The highest BCUT2D eigenvalue weighted by Crippen LogP contribution is 2.25. The number of carboxylic acid groups (broad SMARTS) is 1. The van der Waals surface area contributed by atoms with E-state index in [1.54, 1.807) is 0 Å². The van der Waals surface area contributed by atoms with E-state index in [9.17, 15) is 22.8 Å². The minimum absolute atomic E-state index is 0.729. The van der Waals surface area contributed by atoms with Gasteiger partial charge in [-0.05, 0) is 0 Å². The first kappa shape index (κ1) is 12.2. The number of carbonyl (C=O) groups is 2.